The van der Waals surface area contributed by atoms with Gasteiger partial charge in [-0.25, -0.2) is 23.2 Å². The third kappa shape index (κ3) is 3.72. The smallest absolute Gasteiger partial charge is 0.319 e. The molecule has 2 N–H and O–H groups in total. The van der Waals surface area contributed by atoms with Gasteiger partial charge in [-0.1, -0.05) is 12.1 Å². The zero-order valence-electron chi connectivity index (χ0n) is 12.4. The van der Waals surface area contributed by atoms with Crippen LogP contribution in [0.25, 0.3) is 5.69 Å². The van der Waals surface area contributed by atoms with E-state index >= 15 is 0 Å². The molecule has 1 aromatic heterocycles. The number of carbonyl (C=O) groups excluding carboxylic acids is 1. The number of carbonyl (C=O) groups is 1. The molecule has 0 aliphatic rings. The Morgan fingerprint density at radius 3 is 2.75 bits per heavy atom. The average Bonchev–Trinajstić information content (AvgIpc) is 3.07. The molecule has 0 bridgehead atoms. The van der Waals surface area contributed by atoms with Gasteiger partial charge in [0.05, 0.1) is 0 Å². The maximum atomic E-state index is 14.1. The minimum atomic E-state index is -0.552. The highest BCUT2D eigenvalue weighted by Gasteiger charge is 2.08. The zero-order chi connectivity index (χ0) is 16.9. The van der Waals surface area contributed by atoms with Gasteiger partial charge in [-0.3, -0.25) is 0 Å². The molecule has 0 spiro atoms. The summed E-state index contributed by atoms with van der Waals surface area (Å²) in [5.74, 6) is -0.927. The second-order valence-electron chi connectivity index (χ2n) is 4.94. The number of amides is 2. The van der Waals surface area contributed by atoms with Crippen LogP contribution in [0.1, 0.15) is 5.56 Å². The minimum absolute atomic E-state index is 0.156. The number of hydrogen-bond donors (Lipinski definition) is 2. The summed E-state index contributed by atoms with van der Waals surface area (Å²) in [6.07, 6.45) is 2.67. The molecule has 2 amide bonds. The Balaban J connectivity index is 1.61. The molecule has 0 radical (unpaired) electrons. The predicted octanol–water partition coefficient (Wildman–Crippen LogP) is 2.87. The van der Waals surface area contributed by atoms with Gasteiger partial charge in [0, 0.05) is 12.2 Å². The monoisotopic (exact) mass is 329 g/mol. The zero-order valence-corrected chi connectivity index (χ0v) is 12.4. The minimum Gasteiger partial charge on any atom is -0.334 e. The molecule has 0 aliphatic carbocycles. The number of nitrogens with zero attached hydrogens (tertiary/aromatic N) is 3. The van der Waals surface area contributed by atoms with Gasteiger partial charge in [-0.15, -0.1) is 0 Å². The van der Waals surface area contributed by atoms with Crippen molar-refractivity contribution in [3.05, 3.63) is 72.3 Å². The van der Waals surface area contributed by atoms with Crippen LogP contribution in [0.2, 0.25) is 0 Å². The van der Waals surface area contributed by atoms with Crippen LogP contribution < -0.4 is 10.6 Å². The molecule has 8 heteroatoms. The highest BCUT2D eigenvalue weighted by atomic mass is 19.1. The van der Waals surface area contributed by atoms with Crippen molar-refractivity contribution >= 4 is 11.7 Å². The summed E-state index contributed by atoms with van der Waals surface area (Å²) in [5.41, 5.74) is 1.13. The molecule has 0 unspecified atom stereocenters. The van der Waals surface area contributed by atoms with Gasteiger partial charge < -0.3 is 10.6 Å². The summed E-state index contributed by atoms with van der Waals surface area (Å²) >= 11 is 0. The van der Waals surface area contributed by atoms with Crippen LogP contribution in [-0.2, 0) is 6.54 Å². The van der Waals surface area contributed by atoms with Crippen molar-refractivity contribution in [1.82, 2.24) is 20.1 Å². The molecular formula is C16H13F2N5O. The van der Waals surface area contributed by atoms with E-state index in [1.54, 1.807) is 18.2 Å². The van der Waals surface area contributed by atoms with Crippen LogP contribution in [0.3, 0.4) is 0 Å². The molecule has 2 aromatic carbocycles. The fourth-order valence-corrected chi connectivity index (χ4v) is 2.11. The quantitative estimate of drug-likeness (QED) is 0.773. The second kappa shape index (κ2) is 6.86. The lowest BCUT2D eigenvalue weighted by Gasteiger charge is -2.09. The van der Waals surface area contributed by atoms with Crippen molar-refractivity contribution in [2.75, 3.05) is 5.32 Å². The van der Waals surface area contributed by atoms with Crippen LogP contribution in [0, 0.1) is 11.6 Å². The van der Waals surface area contributed by atoms with Gasteiger partial charge in [-0.2, -0.15) is 5.10 Å². The number of rotatable bonds is 4. The number of aromatic nitrogens is 3. The largest absolute Gasteiger partial charge is 0.334 e. The first kappa shape index (κ1) is 15.6. The molecule has 0 atom stereocenters. The fraction of sp³-hybridized carbons (Fsp3) is 0.0625. The molecule has 6 nitrogen and oxygen atoms in total. The van der Waals surface area contributed by atoms with Crippen molar-refractivity contribution in [1.29, 1.82) is 0 Å². The molecule has 0 saturated heterocycles. The van der Waals surface area contributed by atoms with Crippen LogP contribution in [0.15, 0.2) is 55.1 Å². The van der Waals surface area contributed by atoms with E-state index < -0.39 is 11.8 Å². The number of nitrogens with one attached hydrogen (secondary N) is 2. The summed E-state index contributed by atoms with van der Waals surface area (Å²) in [5, 5.41) is 8.92. The average molecular weight is 329 g/mol. The van der Waals surface area contributed by atoms with Crippen LogP contribution in [0.5, 0.6) is 0 Å². The Kier molecular flexibility index (Phi) is 4.46. The first-order valence-electron chi connectivity index (χ1n) is 7.05. The highest BCUT2D eigenvalue weighted by Crippen LogP contribution is 2.17. The standard InChI is InChI=1S/C16H13F2N5O/c17-12-3-1-2-11(6-12)8-20-16(24)22-13-4-5-15(14(18)7-13)23-10-19-9-21-23/h1-7,9-10H,8H2,(H2,20,22,24). The second-order valence-corrected chi connectivity index (χ2v) is 4.94. The maximum Gasteiger partial charge on any atom is 0.319 e. The first-order chi connectivity index (χ1) is 11.6. The molecular weight excluding hydrogens is 316 g/mol. The summed E-state index contributed by atoms with van der Waals surface area (Å²) in [6.45, 7) is 0.156. The lowest BCUT2D eigenvalue weighted by Crippen LogP contribution is -2.28. The van der Waals surface area contributed by atoms with Crippen molar-refractivity contribution in [3.63, 3.8) is 0 Å². The molecule has 3 rings (SSSR count). The normalized spacial score (nSPS) is 10.4. The molecule has 122 valence electrons. The molecule has 3 aromatic rings. The topological polar surface area (TPSA) is 71.8 Å². The Morgan fingerprint density at radius 1 is 1.17 bits per heavy atom. The Bertz CT molecular complexity index is 851. The highest BCUT2D eigenvalue weighted by molar-refractivity contribution is 5.89. The molecule has 1 heterocycles. The van der Waals surface area contributed by atoms with E-state index in [4.69, 9.17) is 0 Å². The summed E-state index contributed by atoms with van der Waals surface area (Å²) in [4.78, 5) is 15.6. The Labute approximate surface area is 136 Å². The lowest BCUT2D eigenvalue weighted by atomic mass is 10.2. The summed E-state index contributed by atoms with van der Waals surface area (Å²) in [6, 6.07) is 9.58. The van der Waals surface area contributed by atoms with Crippen molar-refractivity contribution in [2.45, 2.75) is 6.54 Å². The number of benzene rings is 2. The fourth-order valence-electron chi connectivity index (χ4n) is 2.11. The van der Waals surface area contributed by atoms with E-state index in [9.17, 15) is 13.6 Å². The van der Waals surface area contributed by atoms with Gasteiger partial charge in [0.2, 0.25) is 0 Å². The van der Waals surface area contributed by atoms with Crippen LogP contribution in [-0.4, -0.2) is 20.8 Å². The predicted molar refractivity (Wildman–Crippen MR) is 83.6 cm³/mol. The van der Waals surface area contributed by atoms with Gasteiger partial charge in [0.1, 0.15) is 24.2 Å². The van der Waals surface area contributed by atoms with Crippen LogP contribution >= 0.6 is 0 Å². The first-order valence-corrected chi connectivity index (χ1v) is 7.05. The number of urea groups is 1. The summed E-state index contributed by atoms with van der Waals surface area (Å²) < 4.78 is 28.4. The van der Waals surface area contributed by atoms with Gasteiger partial charge in [0.15, 0.2) is 5.82 Å². The maximum absolute atomic E-state index is 14.1. The Morgan fingerprint density at radius 2 is 2.04 bits per heavy atom. The van der Waals surface area contributed by atoms with E-state index in [1.165, 1.54) is 41.6 Å². The third-order valence-electron chi connectivity index (χ3n) is 3.21. The SMILES string of the molecule is O=C(NCc1cccc(F)c1)Nc1ccc(-n2cncn2)c(F)c1. The summed E-state index contributed by atoms with van der Waals surface area (Å²) in [7, 11) is 0. The molecule has 0 aliphatic heterocycles. The molecule has 0 fully saturated rings. The lowest BCUT2D eigenvalue weighted by molar-refractivity contribution is 0.251. The molecule has 0 saturated carbocycles. The van der Waals surface area contributed by atoms with Gasteiger partial charge in [0.25, 0.3) is 0 Å². The van der Waals surface area contributed by atoms with Crippen molar-refractivity contribution < 1.29 is 13.6 Å². The van der Waals surface area contributed by atoms with E-state index in [-0.39, 0.29) is 23.7 Å². The number of hydrogen-bond acceptors (Lipinski definition) is 3. The Hall–Kier alpha value is -3.29. The van der Waals surface area contributed by atoms with Crippen LogP contribution in [0.4, 0.5) is 19.3 Å². The van der Waals surface area contributed by atoms with E-state index in [1.807, 2.05) is 0 Å². The molecule has 24 heavy (non-hydrogen) atoms. The van der Waals surface area contributed by atoms with E-state index in [2.05, 4.69) is 20.7 Å². The van der Waals surface area contributed by atoms with Crippen molar-refractivity contribution in [2.24, 2.45) is 0 Å². The van der Waals surface area contributed by atoms with Gasteiger partial charge in [-0.05, 0) is 35.9 Å². The number of halogens is 2. The van der Waals surface area contributed by atoms with E-state index in [0.29, 0.717) is 5.56 Å². The van der Waals surface area contributed by atoms with E-state index in [0.717, 1.165) is 0 Å². The van der Waals surface area contributed by atoms with Crippen molar-refractivity contribution in [3.8, 4) is 5.69 Å². The number of anilines is 1. The third-order valence-corrected chi connectivity index (χ3v) is 3.21. The van der Waals surface area contributed by atoms with Gasteiger partial charge >= 0.3 is 6.03 Å².